The zero-order valence-electron chi connectivity index (χ0n) is 19.5. The predicted octanol–water partition coefficient (Wildman–Crippen LogP) is 4.59. The number of nitrogens with zero attached hydrogens (tertiary/aromatic N) is 4. The maximum atomic E-state index is 11.8. The number of ether oxygens (including phenoxy) is 2. The average molecular weight is 493 g/mol. The minimum atomic E-state index is -1.31. The van der Waals surface area contributed by atoms with Crippen LogP contribution in [0.3, 0.4) is 0 Å². The number of non-ortho nitro benzene ring substituents is 1. The van der Waals surface area contributed by atoms with Gasteiger partial charge in [0.25, 0.3) is 5.69 Å². The van der Waals surface area contributed by atoms with Crippen LogP contribution in [0.25, 0.3) is 22.1 Å². The van der Waals surface area contributed by atoms with Gasteiger partial charge < -0.3 is 24.2 Å². The first-order valence-electron chi connectivity index (χ1n) is 11.3. The van der Waals surface area contributed by atoms with Crippen LogP contribution in [0.2, 0.25) is 0 Å². The smallest absolute Gasteiger partial charge is 0.270 e. The fourth-order valence-corrected chi connectivity index (χ4v) is 4.68. The highest BCUT2D eigenvalue weighted by molar-refractivity contribution is 5.95. The number of benzene rings is 3. The van der Waals surface area contributed by atoms with Crippen LogP contribution in [0.15, 0.2) is 77.6 Å². The van der Waals surface area contributed by atoms with Crippen molar-refractivity contribution in [1.29, 1.82) is 5.26 Å². The Morgan fingerprint density at radius 2 is 1.89 bits per heavy atom. The summed E-state index contributed by atoms with van der Waals surface area (Å²) in [6, 6.07) is 19.0. The van der Waals surface area contributed by atoms with Gasteiger partial charge in [-0.2, -0.15) is 5.26 Å². The monoisotopic (exact) mass is 493 g/mol. The number of furan rings is 1. The summed E-state index contributed by atoms with van der Waals surface area (Å²) in [4.78, 5) is 15.6. The number of rotatable bonds is 5. The first kappa shape index (κ1) is 22.3. The molecule has 5 aromatic rings. The van der Waals surface area contributed by atoms with Gasteiger partial charge in [0.2, 0.25) is 6.79 Å². The Morgan fingerprint density at radius 3 is 2.59 bits per heavy atom. The number of nitriles is 1. The molecule has 0 amide bonds. The molecule has 1 aliphatic rings. The Morgan fingerprint density at radius 1 is 1.11 bits per heavy atom. The SMILES string of the molecule is Cn1cncc1C(N)(c1ccc(C#N)cc1)c1cc2cc([N+](=O)[O-])cc(-c3ccc4c(c3)OCO4)c2o1. The Kier molecular flexibility index (Phi) is 4.96. The van der Waals surface area contributed by atoms with Gasteiger partial charge in [-0.25, -0.2) is 4.98 Å². The van der Waals surface area contributed by atoms with Crippen LogP contribution in [0.5, 0.6) is 11.5 Å². The summed E-state index contributed by atoms with van der Waals surface area (Å²) in [6.07, 6.45) is 3.28. The number of aromatic nitrogens is 2. The number of nitro groups is 1. The zero-order chi connectivity index (χ0) is 25.7. The summed E-state index contributed by atoms with van der Waals surface area (Å²) >= 11 is 0. The first-order chi connectivity index (χ1) is 17.9. The van der Waals surface area contributed by atoms with Crippen molar-refractivity contribution in [3.05, 3.63) is 106 Å². The molecule has 0 aliphatic carbocycles. The van der Waals surface area contributed by atoms with Crippen molar-refractivity contribution in [2.45, 2.75) is 5.54 Å². The molecule has 3 heterocycles. The lowest BCUT2D eigenvalue weighted by molar-refractivity contribution is -0.384. The quantitative estimate of drug-likeness (QED) is 0.277. The highest BCUT2D eigenvalue weighted by Gasteiger charge is 2.38. The molecule has 10 heteroatoms. The molecule has 10 nitrogen and oxygen atoms in total. The molecule has 1 aliphatic heterocycles. The van der Waals surface area contributed by atoms with Crippen LogP contribution >= 0.6 is 0 Å². The van der Waals surface area contributed by atoms with Gasteiger partial charge in [0.1, 0.15) is 16.9 Å². The number of hydrogen-bond donors (Lipinski definition) is 1. The van der Waals surface area contributed by atoms with Crippen molar-refractivity contribution in [3.8, 4) is 28.7 Å². The van der Waals surface area contributed by atoms with Crippen LogP contribution in [-0.4, -0.2) is 21.3 Å². The molecule has 1 atom stereocenters. The van der Waals surface area contributed by atoms with E-state index in [0.717, 1.165) is 0 Å². The summed E-state index contributed by atoms with van der Waals surface area (Å²) in [7, 11) is 1.82. The van der Waals surface area contributed by atoms with E-state index < -0.39 is 10.5 Å². The molecular weight excluding hydrogens is 474 g/mol. The molecule has 0 spiro atoms. The Balaban J connectivity index is 1.61. The van der Waals surface area contributed by atoms with Crippen molar-refractivity contribution < 1.29 is 18.8 Å². The predicted molar refractivity (Wildman–Crippen MR) is 133 cm³/mol. The summed E-state index contributed by atoms with van der Waals surface area (Å²) in [5.74, 6) is 1.51. The standard InChI is InChI=1S/C27H19N5O5/c1-31-14-30-13-24(31)27(29,19-5-2-16(12-28)3-6-19)25-10-18-8-20(32(33)34)11-21(26(18)37-25)17-4-7-22-23(9-17)36-15-35-22/h2-11,13-14H,15,29H2,1H3. The number of hydrogen-bond acceptors (Lipinski definition) is 8. The van der Waals surface area contributed by atoms with E-state index in [-0.39, 0.29) is 12.5 Å². The summed E-state index contributed by atoms with van der Waals surface area (Å²) in [5, 5.41) is 21.6. The van der Waals surface area contributed by atoms with Crippen molar-refractivity contribution in [2.75, 3.05) is 6.79 Å². The fraction of sp³-hybridized carbons (Fsp3) is 0.111. The molecule has 2 aromatic heterocycles. The van der Waals surface area contributed by atoms with Gasteiger partial charge in [0, 0.05) is 30.1 Å². The minimum absolute atomic E-state index is 0.0888. The average Bonchev–Trinajstić information content (AvgIpc) is 3.66. The second-order valence-corrected chi connectivity index (χ2v) is 8.73. The molecule has 37 heavy (non-hydrogen) atoms. The Hall–Kier alpha value is -5.14. The molecular formula is C27H19N5O5. The highest BCUT2D eigenvalue weighted by atomic mass is 16.7. The van der Waals surface area contributed by atoms with E-state index in [1.165, 1.54) is 12.1 Å². The van der Waals surface area contributed by atoms with Gasteiger partial charge in [-0.05, 0) is 41.5 Å². The van der Waals surface area contributed by atoms with Crippen LogP contribution < -0.4 is 15.2 Å². The van der Waals surface area contributed by atoms with Crippen molar-refractivity contribution in [2.24, 2.45) is 12.8 Å². The van der Waals surface area contributed by atoms with Crippen LogP contribution in [0.1, 0.15) is 22.6 Å². The van der Waals surface area contributed by atoms with E-state index in [1.54, 1.807) is 65.6 Å². The van der Waals surface area contributed by atoms with Gasteiger partial charge in [-0.3, -0.25) is 10.1 Å². The third-order valence-electron chi connectivity index (χ3n) is 6.57. The van der Waals surface area contributed by atoms with Crippen LogP contribution in [0.4, 0.5) is 5.69 Å². The lowest BCUT2D eigenvalue weighted by Gasteiger charge is -2.28. The molecule has 0 saturated carbocycles. The molecule has 0 bridgehead atoms. The minimum Gasteiger partial charge on any atom is -0.458 e. The molecule has 0 fully saturated rings. The van der Waals surface area contributed by atoms with Gasteiger partial charge in [-0.15, -0.1) is 0 Å². The third kappa shape index (κ3) is 3.49. The number of nitro benzene ring substituents is 1. The summed E-state index contributed by atoms with van der Waals surface area (Å²) in [5.41, 5.74) is 9.12. The van der Waals surface area contributed by atoms with Crippen LogP contribution in [0, 0.1) is 21.4 Å². The van der Waals surface area contributed by atoms with E-state index >= 15 is 0 Å². The number of fused-ring (bicyclic) bond motifs is 2. The van der Waals surface area contributed by atoms with E-state index in [0.29, 0.717) is 56.2 Å². The first-order valence-corrected chi connectivity index (χ1v) is 11.3. The molecule has 3 aromatic carbocycles. The molecule has 0 saturated heterocycles. The van der Waals surface area contributed by atoms with Gasteiger partial charge in [-0.1, -0.05) is 18.2 Å². The van der Waals surface area contributed by atoms with E-state index in [1.807, 2.05) is 7.05 Å². The summed E-state index contributed by atoms with van der Waals surface area (Å²) < 4.78 is 19.1. The van der Waals surface area contributed by atoms with Crippen molar-refractivity contribution in [1.82, 2.24) is 9.55 Å². The second-order valence-electron chi connectivity index (χ2n) is 8.73. The Labute approximate surface area is 210 Å². The van der Waals surface area contributed by atoms with E-state index in [9.17, 15) is 15.4 Å². The zero-order valence-corrected chi connectivity index (χ0v) is 19.5. The lowest BCUT2D eigenvalue weighted by Crippen LogP contribution is -2.40. The molecule has 6 rings (SSSR count). The van der Waals surface area contributed by atoms with Gasteiger partial charge in [0.15, 0.2) is 11.5 Å². The number of imidazole rings is 1. The van der Waals surface area contributed by atoms with Gasteiger partial charge >= 0.3 is 0 Å². The second kappa shape index (κ2) is 8.22. The van der Waals surface area contributed by atoms with E-state index in [2.05, 4.69) is 11.1 Å². The lowest BCUT2D eigenvalue weighted by atomic mass is 9.84. The molecule has 182 valence electrons. The number of nitrogens with two attached hydrogens (primary N) is 1. The maximum Gasteiger partial charge on any atom is 0.270 e. The molecule has 0 radical (unpaired) electrons. The van der Waals surface area contributed by atoms with Crippen molar-refractivity contribution in [3.63, 3.8) is 0 Å². The number of aryl methyl sites for hydroxylation is 1. The van der Waals surface area contributed by atoms with Gasteiger partial charge in [0.05, 0.1) is 34.8 Å². The normalized spacial score (nSPS) is 13.9. The topological polar surface area (TPSA) is 142 Å². The molecule has 2 N–H and O–H groups in total. The summed E-state index contributed by atoms with van der Waals surface area (Å²) in [6.45, 7) is 0.110. The van der Waals surface area contributed by atoms with E-state index in [4.69, 9.17) is 19.6 Å². The molecule has 1 unspecified atom stereocenters. The van der Waals surface area contributed by atoms with Crippen molar-refractivity contribution >= 4 is 16.7 Å². The Bertz CT molecular complexity index is 1730. The third-order valence-corrected chi connectivity index (χ3v) is 6.57. The highest BCUT2D eigenvalue weighted by Crippen LogP contribution is 2.43. The van der Waals surface area contributed by atoms with Crippen LogP contribution in [-0.2, 0) is 12.6 Å². The maximum absolute atomic E-state index is 11.8. The fourth-order valence-electron chi connectivity index (χ4n) is 4.68. The largest absolute Gasteiger partial charge is 0.458 e.